The lowest BCUT2D eigenvalue weighted by molar-refractivity contribution is -0.149. The summed E-state index contributed by atoms with van der Waals surface area (Å²) in [5.41, 5.74) is 0.844. The van der Waals surface area contributed by atoms with Crippen LogP contribution in [0.15, 0.2) is 46.7 Å². The summed E-state index contributed by atoms with van der Waals surface area (Å²) in [6.45, 7) is 3.89. The van der Waals surface area contributed by atoms with Crippen LogP contribution in [-0.2, 0) is 14.3 Å². The van der Waals surface area contributed by atoms with E-state index in [4.69, 9.17) is 4.74 Å². The number of para-hydroxylation sites is 1. The number of rotatable bonds is 5. The molecule has 148 valence electrons. The molecule has 1 aliphatic rings. The summed E-state index contributed by atoms with van der Waals surface area (Å²) in [4.78, 5) is 40.2. The zero-order chi connectivity index (χ0) is 20.1. The maximum Gasteiger partial charge on any atom is 0.328 e. The number of hydrogen-bond donors (Lipinski definition) is 1. The Bertz CT molecular complexity index is 854. The van der Waals surface area contributed by atoms with E-state index >= 15 is 0 Å². The number of benzene rings is 1. The van der Waals surface area contributed by atoms with Gasteiger partial charge in [0.1, 0.15) is 6.04 Å². The monoisotopic (exact) mass is 418 g/mol. The van der Waals surface area contributed by atoms with Crippen molar-refractivity contribution in [2.75, 3.05) is 18.1 Å². The van der Waals surface area contributed by atoms with Crippen molar-refractivity contribution in [1.82, 2.24) is 5.32 Å². The molecule has 0 radical (unpaired) electrons. The number of carbonyl (C=O) groups is 3. The van der Waals surface area contributed by atoms with Crippen molar-refractivity contribution in [3.63, 3.8) is 0 Å². The molecule has 1 aromatic carbocycles. The van der Waals surface area contributed by atoms with E-state index in [0.717, 1.165) is 17.0 Å². The van der Waals surface area contributed by atoms with Gasteiger partial charge in [-0.15, -0.1) is 23.1 Å². The molecule has 2 atom stereocenters. The molecule has 0 fully saturated rings. The topological polar surface area (TPSA) is 75.7 Å². The molecular weight excluding hydrogens is 396 g/mol. The van der Waals surface area contributed by atoms with Gasteiger partial charge in [0, 0.05) is 16.7 Å². The molecule has 0 saturated carbocycles. The number of esters is 1. The summed E-state index contributed by atoms with van der Waals surface area (Å²) < 4.78 is 5.17. The van der Waals surface area contributed by atoms with Crippen molar-refractivity contribution in [2.24, 2.45) is 0 Å². The number of ether oxygens (including phenoxy) is 1. The SMILES string of the molecule is CC1CCN(C(=O)COC(=O)C(C)NC(=O)c2cccs2)c2ccccc2S1. The molecule has 0 spiro atoms. The zero-order valence-corrected chi connectivity index (χ0v) is 17.3. The molecule has 3 rings (SSSR count). The van der Waals surface area contributed by atoms with Crippen LogP contribution >= 0.6 is 23.1 Å². The Labute approximate surface area is 172 Å². The third kappa shape index (κ3) is 4.94. The summed E-state index contributed by atoms with van der Waals surface area (Å²) >= 11 is 3.03. The smallest absolute Gasteiger partial charge is 0.328 e. The minimum Gasteiger partial charge on any atom is -0.454 e. The van der Waals surface area contributed by atoms with Crippen molar-refractivity contribution in [3.8, 4) is 0 Å². The number of thioether (sulfide) groups is 1. The number of fused-ring (bicyclic) bond motifs is 1. The van der Waals surface area contributed by atoms with Crippen molar-refractivity contribution < 1.29 is 19.1 Å². The highest BCUT2D eigenvalue weighted by Crippen LogP contribution is 2.37. The van der Waals surface area contributed by atoms with Gasteiger partial charge in [-0.05, 0) is 36.9 Å². The molecule has 2 heterocycles. The van der Waals surface area contributed by atoms with Gasteiger partial charge in [-0.3, -0.25) is 9.59 Å². The Morgan fingerprint density at radius 3 is 2.79 bits per heavy atom. The standard InChI is InChI=1S/C20H22N2O4S2/c1-13-9-10-22(15-6-3-4-7-16(15)28-13)18(23)12-26-20(25)14(2)21-19(24)17-8-5-11-27-17/h3-8,11,13-14H,9-10,12H2,1-2H3,(H,21,24). The van der Waals surface area contributed by atoms with Crippen molar-refractivity contribution in [2.45, 2.75) is 36.5 Å². The molecule has 2 unspecified atom stereocenters. The van der Waals surface area contributed by atoms with Gasteiger partial charge in [0.15, 0.2) is 6.61 Å². The van der Waals surface area contributed by atoms with Crippen LogP contribution in [0.2, 0.25) is 0 Å². The van der Waals surface area contributed by atoms with E-state index in [1.807, 2.05) is 24.3 Å². The highest BCUT2D eigenvalue weighted by atomic mass is 32.2. The molecule has 1 aromatic heterocycles. The Balaban J connectivity index is 1.57. The van der Waals surface area contributed by atoms with Crippen LogP contribution in [0.3, 0.4) is 0 Å². The molecule has 8 heteroatoms. The van der Waals surface area contributed by atoms with Gasteiger partial charge in [0.2, 0.25) is 0 Å². The Morgan fingerprint density at radius 1 is 1.25 bits per heavy atom. The van der Waals surface area contributed by atoms with Crippen LogP contribution in [0, 0.1) is 0 Å². The number of anilines is 1. The van der Waals surface area contributed by atoms with Crippen LogP contribution in [0.5, 0.6) is 0 Å². The van der Waals surface area contributed by atoms with Crippen molar-refractivity contribution in [3.05, 3.63) is 46.7 Å². The predicted molar refractivity (Wildman–Crippen MR) is 111 cm³/mol. The number of thiophene rings is 1. The maximum absolute atomic E-state index is 12.7. The molecular formula is C20H22N2O4S2. The van der Waals surface area contributed by atoms with E-state index in [0.29, 0.717) is 16.7 Å². The number of hydrogen-bond acceptors (Lipinski definition) is 6. The highest BCUT2D eigenvalue weighted by molar-refractivity contribution is 8.00. The third-order valence-electron chi connectivity index (χ3n) is 4.33. The van der Waals surface area contributed by atoms with Crippen LogP contribution in [0.25, 0.3) is 0 Å². The summed E-state index contributed by atoms with van der Waals surface area (Å²) in [6, 6.07) is 10.3. The first kappa shape index (κ1) is 20.4. The van der Waals surface area contributed by atoms with Crippen molar-refractivity contribution >= 4 is 46.6 Å². The van der Waals surface area contributed by atoms with Crippen LogP contribution in [0.1, 0.15) is 29.9 Å². The minimum atomic E-state index is -0.839. The maximum atomic E-state index is 12.7. The first-order valence-corrected chi connectivity index (χ1v) is 10.8. The van der Waals surface area contributed by atoms with Gasteiger partial charge in [-0.1, -0.05) is 25.1 Å². The van der Waals surface area contributed by atoms with E-state index in [1.165, 1.54) is 18.3 Å². The van der Waals surface area contributed by atoms with Gasteiger partial charge < -0.3 is 15.0 Å². The molecule has 0 bridgehead atoms. The zero-order valence-electron chi connectivity index (χ0n) is 15.7. The highest BCUT2D eigenvalue weighted by Gasteiger charge is 2.26. The second-order valence-corrected chi connectivity index (χ2v) is 8.94. The summed E-state index contributed by atoms with van der Waals surface area (Å²) in [6.07, 6.45) is 0.853. The summed E-state index contributed by atoms with van der Waals surface area (Å²) in [7, 11) is 0. The second kappa shape index (κ2) is 9.25. The average Bonchev–Trinajstić information content (AvgIpc) is 3.16. The van der Waals surface area contributed by atoms with Crippen LogP contribution in [-0.4, -0.2) is 42.2 Å². The van der Waals surface area contributed by atoms with Gasteiger partial charge in [-0.25, -0.2) is 4.79 Å². The molecule has 1 N–H and O–H groups in total. The summed E-state index contributed by atoms with van der Waals surface area (Å²) in [5, 5.41) is 4.77. The first-order chi connectivity index (χ1) is 13.5. The molecule has 0 saturated heterocycles. The molecule has 0 aliphatic carbocycles. The summed E-state index contributed by atoms with van der Waals surface area (Å²) in [5.74, 6) is -1.24. The lowest BCUT2D eigenvalue weighted by Crippen LogP contribution is -2.41. The van der Waals surface area contributed by atoms with Gasteiger partial charge >= 0.3 is 5.97 Å². The molecule has 2 amide bonds. The predicted octanol–water partition coefficient (Wildman–Crippen LogP) is 3.33. The Morgan fingerprint density at radius 2 is 2.04 bits per heavy atom. The van der Waals surface area contributed by atoms with E-state index < -0.39 is 12.0 Å². The third-order valence-corrected chi connectivity index (χ3v) is 6.43. The van der Waals surface area contributed by atoms with Crippen LogP contribution in [0.4, 0.5) is 5.69 Å². The number of nitrogens with one attached hydrogen (secondary N) is 1. The fourth-order valence-electron chi connectivity index (χ4n) is 2.82. The van der Waals surface area contributed by atoms with Gasteiger partial charge in [0.05, 0.1) is 10.6 Å². The fourth-order valence-corrected chi connectivity index (χ4v) is 4.56. The lowest BCUT2D eigenvalue weighted by Gasteiger charge is -2.22. The van der Waals surface area contributed by atoms with E-state index in [1.54, 1.807) is 34.2 Å². The lowest BCUT2D eigenvalue weighted by atomic mass is 10.2. The largest absolute Gasteiger partial charge is 0.454 e. The molecule has 28 heavy (non-hydrogen) atoms. The Hall–Kier alpha value is -2.32. The van der Waals surface area contributed by atoms with Gasteiger partial charge in [0.25, 0.3) is 11.8 Å². The quantitative estimate of drug-likeness (QED) is 0.754. The molecule has 1 aliphatic heterocycles. The Kier molecular flexibility index (Phi) is 6.74. The minimum absolute atomic E-state index is 0.271. The van der Waals surface area contributed by atoms with E-state index in [9.17, 15) is 14.4 Å². The molecule has 6 nitrogen and oxygen atoms in total. The van der Waals surface area contributed by atoms with Gasteiger partial charge in [-0.2, -0.15) is 0 Å². The van der Waals surface area contributed by atoms with E-state index in [2.05, 4.69) is 12.2 Å². The van der Waals surface area contributed by atoms with Crippen LogP contribution < -0.4 is 10.2 Å². The first-order valence-electron chi connectivity index (χ1n) is 9.02. The molecule has 2 aromatic rings. The normalized spacial score (nSPS) is 17.2. The number of amides is 2. The number of carbonyl (C=O) groups excluding carboxylic acids is 3. The van der Waals surface area contributed by atoms with Crippen molar-refractivity contribution in [1.29, 1.82) is 0 Å². The fraction of sp³-hybridized carbons (Fsp3) is 0.350. The second-order valence-electron chi connectivity index (χ2n) is 6.51. The average molecular weight is 419 g/mol. The van der Waals surface area contributed by atoms with E-state index in [-0.39, 0.29) is 18.4 Å². The number of nitrogens with zero attached hydrogens (tertiary/aromatic N) is 1.